The van der Waals surface area contributed by atoms with E-state index in [4.69, 9.17) is 5.73 Å². The summed E-state index contributed by atoms with van der Waals surface area (Å²) >= 11 is 3.06. The van der Waals surface area contributed by atoms with Crippen molar-refractivity contribution in [1.82, 2.24) is 10.2 Å². The Morgan fingerprint density at radius 3 is 2.62 bits per heavy atom. The Bertz CT molecular complexity index is 649. The molecule has 0 radical (unpaired) electrons. The van der Waals surface area contributed by atoms with E-state index in [2.05, 4.69) is 41.5 Å². The molecule has 1 heterocycles. The van der Waals surface area contributed by atoms with Crippen LogP contribution < -0.4 is 11.1 Å². The number of hydrogen-bond donors (Lipinski definition) is 2. The first-order chi connectivity index (χ1) is 10.9. The highest BCUT2D eigenvalue weighted by molar-refractivity contribution is 7.98. The predicted octanol–water partition coefficient (Wildman–Crippen LogP) is 3.30. The molecule has 1 amide bonds. The second kappa shape index (κ2) is 9.36. The van der Waals surface area contributed by atoms with Gasteiger partial charge in [-0.15, -0.1) is 22.6 Å². The summed E-state index contributed by atoms with van der Waals surface area (Å²) in [4.78, 5) is 12.0. The molecule has 2 rings (SSSR count). The van der Waals surface area contributed by atoms with Gasteiger partial charge in [0.1, 0.15) is 5.01 Å². The molecular formula is C16H23ClN4OS2. The SMILES string of the molecule is CSCC[C@H](N)C(=O)Nc1nnc(C(C)(C)c2ccccc2)s1.Cl. The van der Waals surface area contributed by atoms with E-state index in [0.717, 1.165) is 16.3 Å². The highest BCUT2D eigenvalue weighted by Gasteiger charge is 2.28. The van der Waals surface area contributed by atoms with Crippen LogP contribution in [0.1, 0.15) is 30.8 Å². The van der Waals surface area contributed by atoms with Crippen LogP contribution in [-0.2, 0) is 10.2 Å². The molecule has 132 valence electrons. The first-order valence-electron chi connectivity index (χ1n) is 7.40. The number of carbonyl (C=O) groups excluding carboxylic acids is 1. The number of amides is 1. The quantitative estimate of drug-likeness (QED) is 0.762. The van der Waals surface area contributed by atoms with Gasteiger partial charge in [-0.05, 0) is 37.8 Å². The zero-order valence-electron chi connectivity index (χ0n) is 14.0. The third-order valence-corrected chi connectivity index (χ3v) is 5.46. The summed E-state index contributed by atoms with van der Waals surface area (Å²) in [5.41, 5.74) is 6.76. The number of nitrogens with zero attached hydrogens (tertiary/aromatic N) is 2. The maximum Gasteiger partial charge on any atom is 0.243 e. The Morgan fingerprint density at radius 2 is 2.00 bits per heavy atom. The van der Waals surface area contributed by atoms with Crippen LogP contribution in [0.15, 0.2) is 30.3 Å². The molecule has 0 aliphatic heterocycles. The van der Waals surface area contributed by atoms with Crippen molar-refractivity contribution >= 4 is 46.5 Å². The van der Waals surface area contributed by atoms with Crippen molar-refractivity contribution in [1.29, 1.82) is 0 Å². The molecule has 0 saturated heterocycles. The summed E-state index contributed by atoms with van der Waals surface area (Å²) in [6.07, 6.45) is 2.64. The van der Waals surface area contributed by atoms with Crippen LogP contribution in [0, 0.1) is 0 Å². The van der Waals surface area contributed by atoms with Crippen molar-refractivity contribution < 1.29 is 4.79 Å². The van der Waals surface area contributed by atoms with E-state index < -0.39 is 6.04 Å². The van der Waals surface area contributed by atoms with Crippen molar-refractivity contribution in [3.05, 3.63) is 40.9 Å². The Morgan fingerprint density at radius 1 is 1.33 bits per heavy atom. The molecule has 1 aromatic heterocycles. The van der Waals surface area contributed by atoms with Gasteiger partial charge in [0.2, 0.25) is 11.0 Å². The van der Waals surface area contributed by atoms with E-state index in [1.807, 2.05) is 24.5 Å². The van der Waals surface area contributed by atoms with Crippen molar-refractivity contribution in [3.8, 4) is 0 Å². The van der Waals surface area contributed by atoms with Crippen LogP contribution in [-0.4, -0.2) is 34.2 Å². The van der Waals surface area contributed by atoms with E-state index in [9.17, 15) is 4.79 Å². The lowest BCUT2D eigenvalue weighted by atomic mass is 9.85. The predicted molar refractivity (Wildman–Crippen MR) is 105 cm³/mol. The molecule has 3 N–H and O–H groups in total. The van der Waals surface area contributed by atoms with Crippen LogP contribution in [0.5, 0.6) is 0 Å². The summed E-state index contributed by atoms with van der Waals surface area (Å²) in [5, 5.41) is 12.5. The van der Waals surface area contributed by atoms with E-state index in [1.165, 1.54) is 11.3 Å². The number of carbonyl (C=O) groups is 1. The Hall–Kier alpha value is -1.15. The molecule has 1 atom stereocenters. The molecule has 0 spiro atoms. The van der Waals surface area contributed by atoms with E-state index in [-0.39, 0.29) is 23.7 Å². The second-order valence-electron chi connectivity index (χ2n) is 5.78. The average Bonchev–Trinajstić information content (AvgIpc) is 3.02. The Labute approximate surface area is 157 Å². The Kier molecular flexibility index (Phi) is 8.15. The molecule has 24 heavy (non-hydrogen) atoms. The van der Waals surface area contributed by atoms with Gasteiger partial charge in [-0.1, -0.05) is 41.7 Å². The number of nitrogens with two attached hydrogens (primary N) is 1. The minimum absolute atomic E-state index is 0. The monoisotopic (exact) mass is 386 g/mol. The van der Waals surface area contributed by atoms with Crippen LogP contribution >= 0.6 is 35.5 Å². The number of rotatable bonds is 7. The van der Waals surface area contributed by atoms with E-state index in [0.29, 0.717) is 11.6 Å². The topological polar surface area (TPSA) is 80.9 Å². The van der Waals surface area contributed by atoms with Crippen molar-refractivity contribution in [2.75, 3.05) is 17.3 Å². The lowest BCUT2D eigenvalue weighted by Gasteiger charge is -2.21. The zero-order chi connectivity index (χ0) is 16.9. The standard InChI is InChI=1S/C16H22N4OS2.ClH/c1-16(2,11-7-5-4-6-8-11)14-19-20-15(23-14)18-13(21)12(17)9-10-22-3;/h4-8,12H,9-10,17H2,1-3H3,(H,18,20,21);1H/t12-;/m0./s1. The maximum absolute atomic E-state index is 12.0. The van der Waals surface area contributed by atoms with Gasteiger partial charge in [-0.2, -0.15) is 11.8 Å². The first kappa shape index (κ1) is 20.9. The smallest absolute Gasteiger partial charge is 0.243 e. The highest BCUT2D eigenvalue weighted by atomic mass is 35.5. The molecule has 0 aliphatic rings. The fraction of sp³-hybridized carbons (Fsp3) is 0.438. The summed E-state index contributed by atoms with van der Waals surface area (Å²) in [6.45, 7) is 4.19. The molecule has 0 bridgehead atoms. The number of thioether (sulfide) groups is 1. The average molecular weight is 387 g/mol. The number of nitrogens with one attached hydrogen (secondary N) is 1. The summed E-state index contributed by atoms with van der Waals surface area (Å²) < 4.78 is 0. The number of benzene rings is 1. The van der Waals surface area contributed by atoms with Gasteiger partial charge >= 0.3 is 0 Å². The summed E-state index contributed by atoms with van der Waals surface area (Å²) in [7, 11) is 0. The normalized spacial score (nSPS) is 12.3. The van der Waals surface area contributed by atoms with Gasteiger partial charge < -0.3 is 5.73 Å². The van der Waals surface area contributed by atoms with Gasteiger partial charge in [-0.25, -0.2) is 0 Å². The third kappa shape index (κ3) is 5.17. The second-order valence-corrected chi connectivity index (χ2v) is 7.74. The van der Waals surface area contributed by atoms with Gasteiger partial charge in [0, 0.05) is 5.41 Å². The van der Waals surface area contributed by atoms with E-state index in [1.54, 1.807) is 11.8 Å². The molecule has 5 nitrogen and oxygen atoms in total. The number of anilines is 1. The van der Waals surface area contributed by atoms with Crippen LogP contribution in [0.3, 0.4) is 0 Å². The highest BCUT2D eigenvalue weighted by Crippen LogP contribution is 2.34. The number of hydrogen-bond acceptors (Lipinski definition) is 6. The fourth-order valence-electron chi connectivity index (χ4n) is 2.08. The van der Waals surface area contributed by atoms with E-state index >= 15 is 0 Å². The van der Waals surface area contributed by atoms with Gasteiger partial charge in [0.05, 0.1) is 6.04 Å². The molecule has 0 unspecified atom stereocenters. The summed E-state index contributed by atoms with van der Waals surface area (Å²) in [5.74, 6) is 0.649. The third-order valence-electron chi connectivity index (χ3n) is 3.66. The van der Waals surface area contributed by atoms with Crippen molar-refractivity contribution in [3.63, 3.8) is 0 Å². The van der Waals surface area contributed by atoms with Crippen LogP contribution in [0.2, 0.25) is 0 Å². The molecule has 1 aromatic carbocycles. The van der Waals surface area contributed by atoms with Crippen molar-refractivity contribution in [2.24, 2.45) is 5.73 Å². The maximum atomic E-state index is 12.0. The molecule has 8 heteroatoms. The lowest BCUT2D eigenvalue weighted by Crippen LogP contribution is -2.36. The zero-order valence-corrected chi connectivity index (χ0v) is 16.4. The first-order valence-corrected chi connectivity index (χ1v) is 9.61. The minimum atomic E-state index is -0.517. The molecule has 0 fully saturated rings. The lowest BCUT2D eigenvalue weighted by molar-refractivity contribution is -0.117. The summed E-state index contributed by atoms with van der Waals surface area (Å²) in [6, 6.07) is 9.62. The minimum Gasteiger partial charge on any atom is -0.320 e. The molecule has 0 saturated carbocycles. The van der Waals surface area contributed by atoms with Crippen LogP contribution in [0.4, 0.5) is 5.13 Å². The Balaban J connectivity index is 0.00000288. The molecule has 0 aliphatic carbocycles. The van der Waals surface area contributed by atoms with Gasteiger partial charge in [-0.3, -0.25) is 10.1 Å². The van der Waals surface area contributed by atoms with Gasteiger partial charge in [0.25, 0.3) is 0 Å². The largest absolute Gasteiger partial charge is 0.320 e. The van der Waals surface area contributed by atoms with Gasteiger partial charge in [0.15, 0.2) is 0 Å². The van der Waals surface area contributed by atoms with Crippen molar-refractivity contribution in [2.45, 2.75) is 31.7 Å². The number of halogens is 1. The fourth-order valence-corrected chi connectivity index (χ4v) is 3.44. The molecular weight excluding hydrogens is 364 g/mol. The van der Waals surface area contributed by atoms with Crippen LogP contribution in [0.25, 0.3) is 0 Å². The number of aromatic nitrogens is 2. The molecule has 2 aromatic rings.